The number of rotatable bonds is 10. The number of nitrogens with one attached hydrogen (secondary N) is 1. The predicted molar refractivity (Wildman–Crippen MR) is 139 cm³/mol. The molecule has 1 amide bonds. The molecule has 0 bridgehead atoms. The Balaban J connectivity index is 1.68. The molecule has 6 heteroatoms. The second-order valence-corrected chi connectivity index (χ2v) is 10.6. The zero-order valence-corrected chi connectivity index (χ0v) is 21.5. The van der Waals surface area contributed by atoms with Crippen LogP contribution in [0.15, 0.2) is 54.7 Å². The Morgan fingerprint density at radius 3 is 2.50 bits per heavy atom. The lowest BCUT2D eigenvalue weighted by atomic mass is 9.86. The molecule has 1 unspecified atom stereocenters. The van der Waals surface area contributed by atoms with Gasteiger partial charge in [-0.05, 0) is 47.1 Å². The van der Waals surface area contributed by atoms with E-state index in [9.17, 15) is 9.59 Å². The van der Waals surface area contributed by atoms with E-state index in [-0.39, 0.29) is 17.3 Å². The number of hydrogen-bond donors (Lipinski definition) is 1. The van der Waals surface area contributed by atoms with Crippen LogP contribution in [0.1, 0.15) is 73.8 Å². The van der Waals surface area contributed by atoms with E-state index in [1.807, 2.05) is 68.6 Å². The van der Waals surface area contributed by atoms with Crippen molar-refractivity contribution in [2.45, 2.75) is 59.3 Å². The number of amides is 1. The molecule has 0 saturated carbocycles. The number of methoxy groups -OCH3 is 1. The minimum Gasteiger partial charge on any atom is -0.469 e. The minimum atomic E-state index is -0.221. The average Bonchev–Trinajstić information content (AvgIpc) is 3.26. The van der Waals surface area contributed by atoms with Crippen molar-refractivity contribution in [1.29, 1.82) is 0 Å². The molecule has 0 aliphatic rings. The molecule has 180 valence electrons. The van der Waals surface area contributed by atoms with Crippen LogP contribution < -0.4 is 5.32 Å². The number of benzene rings is 2. The van der Waals surface area contributed by atoms with Crippen molar-refractivity contribution in [3.05, 3.63) is 70.9 Å². The maximum atomic E-state index is 13.0. The Hall–Kier alpha value is -2.99. The van der Waals surface area contributed by atoms with Gasteiger partial charge in [-0.25, -0.2) is 4.98 Å². The van der Waals surface area contributed by atoms with Gasteiger partial charge < -0.3 is 10.1 Å². The van der Waals surface area contributed by atoms with Gasteiger partial charge in [0, 0.05) is 23.9 Å². The molecule has 0 saturated heterocycles. The van der Waals surface area contributed by atoms with E-state index in [1.165, 1.54) is 7.11 Å². The van der Waals surface area contributed by atoms with Gasteiger partial charge in [0.15, 0.2) is 0 Å². The lowest BCUT2D eigenvalue weighted by molar-refractivity contribution is -0.142. The van der Waals surface area contributed by atoms with Gasteiger partial charge in [-0.2, -0.15) is 0 Å². The third kappa shape index (κ3) is 6.76. The fourth-order valence-corrected chi connectivity index (χ4v) is 5.28. The summed E-state index contributed by atoms with van der Waals surface area (Å²) in [5.74, 6) is 0.0496. The zero-order chi connectivity index (χ0) is 24.7. The van der Waals surface area contributed by atoms with E-state index >= 15 is 0 Å². The Morgan fingerprint density at radius 1 is 1.12 bits per heavy atom. The van der Waals surface area contributed by atoms with Gasteiger partial charge in [0.2, 0.25) is 0 Å². The Morgan fingerprint density at radius 2 is 1.82 bits per heavy atom. The Kier molecular flexibility index (Phi) is 8.61. The number of esters is 1. The van der Waals surface area contributed by atoms with E-state index in [4.69, 9.17) is 4.74 Å². The number of nitrogens with zero attached hydrogens (tertiary/aromatic N) is 1. The first kappa shape index (κ1) is 25.6. The van der Waals surface area contributed by atoms with Crippen molar-refractivity contribution in [3.8, 4) is 10.4 Å². The average molecular weight is 479 g/mol. The van der Waals surface area contributed by atoms with Crippen LogP contribution in [0.3, 0.4) is 0 Å². The largest absolute Gasteiger partial charge is 0.469 e. The molecule has 0 radical (unpaired) electrons. The van der Waals surface area contributed by atoms with Crippen LogP contribution in [0, 0.1) is 5.41 Å². The highest BCUT2D eigenvalue weighted by atomic mass is 32.1. The molecular formula is C28H34N2O3S. The summed E-state index contributed by atoms with van der Waals surface area (Å²) in [4.78, 5) is 30.3. The van der Waals surface area contributed by atoms with Crippen LogP contribution in [-0.4, -0.2) is 24.0 Å². The van der Waals surface area contributed by atoms with Crippen molar-refractivity contribution in [3.63, 3.8) is 0 Å². The number of aromatic nitrogens is 1. The predicted octanol–water partition coefficient (Wildman–Crippen LogP) is 7.10. The molecule has 0 aliphatic heterocycles. The molecule has 34 heavy (non-hydrogen) atoms. The molecule has 2 aromatic carbocycles. The number of ether oxygens (including phenoxy) is 1. The van der Waals surface area contributed by atoms with Crippen LogP contribution in [0.25, 0.3) is 10.4 Å². The summed E-state index contributed by atoms with van der Waals surface area (Å²) in [5.41, 5.74) is 3.40. The summed E-state index contributed by atoms with van der Waals surface area (Å²) in [5, 5.41) is 4.02. The Bertz CT molecular complexity index is 1120. The number of thiazole rings is 1. The highest BCUT2D eigenvalue weighted by molar-refractivity contribution is 7.15. The topological polar surface area (TPSA) is 68.3 Å². The van der Waals surface area contributed by atoms with Gasteiger partial charge in [-0.1, -0.05) is 64.4 Å². The van der Waals surface area contributed by atoms with Crippen molar-refractivity contribution >= 4 is 28.9 Å². The van der Waals surface area contributed by atoms with Crippen molar-refractivity contribution in [2.24, 2.45) is 5.41 Å². The second kappa shape index (κ2) is 11.4. The molecular weight excluding hydrogens is 444 g/mol. The van der Waals surface area contributed by atoms with Gasteiger partial charge in [0.1, 0.15) is 0 Å². The molecule has 0 fully saturated rings. The maximum Gasteiger partial charge on any atom is 0.306 e. The van der Waals surface area contributed by atoms with Gasteiger partial charge in [-0.15, -0.1) is 11.3 Å². The van der Waals surface area contributed by atoms with E-state index in [0.29, 0.717) is 18.8 Å². The van der Waals surface area contributed by atoms with Gasteiger partial charge in [0.25, 0.3) is 5.91 Å². The summed E-state index contributed by atoms with van der Waals surface area (Å²) in [6.45, 7) is 8.42. The SMILES string of the molecule is CCCC(C)c1ccccc1C(=O)Nc1ccc(-c2cnc(CC(C)(C)CC(=O)OC)s2)cc1. The number of anilines is 1. The molecule has 3 aromatic rings. The first-order valence-corrected chi connectivity index (χ1v) is 12.6. The van der Waals surface area contributed by atoms with Gasteiger partial charge in [-0.3, -0.25) is 9.59 Å². The normalized spacial score (nSPS) is 12.3. The highest BCUT2D eigenvalue weighted by Crippen LogP contribution is 2.33. The van der Waals surface area contributed by atoms with E-state index in [1.54, 1.807) is 11.3 Å². The molecule has 0 aliphatic carbocycles. The fraction of sp³-hybridized carbons (Fsp3) is 0.393. The third-order valence-electron chi connectivity index (χ3n) is 5.92. The molecule has 0 spiro atoms. The molecule has 1 aromatic heterocycles. The van der Waals surface area contributed by atoms with Gasteiger partial charge in [0.05, 0.1) is 23.4 Å². The molecule has 5 nitrogen and oxygen atoms in total. The van der Waals surface area contributed by atoms with Crippen LogP contribution in [0.2, 0.25) is 0 Å². The standard InChI is InChI=1S/C28H34N2O3S/c1-6-9-19(2)22-10-7-8-11-23(22)27(32)30-21-14-12-20(13-15-21)24-18-29-25(34-24)16-28(3,4)17-26(31)33-5/h7-8,10-15,18-19H,6,9,16-17H2,1-5H3,(H,30,32). The second-order valence-electron chi connectivity index (χ2n) is 9.52. The molecule has 1 atom stereocenters. The lowest BCUT2D eigenvalue weighted by Gasteiger charge is -2.21. The summed E-state index contributed by atoms with van der Waals surface area (Å²) in [6, 6.07) is 15.7. The lowest BCUT2D eigenvalue weighted by Crippen LogP contribution is -2.20. The van der Waals surface area contributed by atoms with E-state index < -0.39 is 0 Å². The minimum absolute atomic E-state index is 0.0841. The third-order valence-corrected chi connectivity index (χ3v) is 6.97. The number of carbonyl (C=O) groups is 2. The maximum absolute atomic E-state index is 13.0. The van der Waals surface area contributed by atoms with Crippen molar-refractivity contribution < 1.29 is 14.3 Å². The van der Waals surface area contributed by atoms with Crippen LogP contribution >= 0.6 is 11.3 Å². The first-order valence-electron chi connectivity index (χ1n) is 11.7. The van der Waals surface area contributed by atoms with Gasteiger partial charge >= 0.3 is 5.97 Å². The van der Waals surface area contributed by atoms with Crippen LogP contribution in [0.4, 0.5) is 5.69 Å². The molecule has 1 heterocycles. The van der Waals surface area contributed by atoms with E-state index in [0.717, 1.165) is 45.1 Å². The first-order chi connectivity index (χ1) is 16.2. The number of hydrogen-bond acceptors (Lipinski definition) is 5. The fourth-order valence-electron chi connectivity index (χ4n) is 4.10. The summed E-state index contributed by atoms with van der Waals surface area (Å²) >= 11 is 1.62. The van der Waals surface area contributed by atoms with Crippen LogP contribution in [-0.2, 0) is 16.0 Å². The zero-order valence-electron chi connectivity index (χ0n) is 20.7. The highest BCUT2D eigenvalue weighted by Gasteiger charge is 2.24. The molecule has 1 N–H and O–H groups in total. The summed E-state index contributed by atoms with van der Waals surface area (Å²) in [7, 11) is 1.41. The molecule has 3 rings (SSSR count). The summed E-state index contributed by atoms with van der Waals surface area (Å²) in [6.07, 6.45) is 5.06. The summed E-state index contributed by atoms with van der Waals surface area (Å²) < 4.78 is 4.81. The van der Waals surface area contributed by atoms with Crippen molar-refractivity contribution in [2.75, 3.05) is 12.4 Å². The monoisotopic (exact) mass is 478 g/mol. The number of carbonyl (C=O) groups excluding carboxylic acids is 2. The smallest absolute Gasteiger partial charge is 0.306 e. The van der Waals surface area contributed by atoms with Crippen molar-refractivity contribution in [1.82, 2.24) is 4.98 Å². The Labute approximate surface area is 206 Å². The van der Waals surface area contributed by atoms with E-state index in [2.05, 4.69) is 24.1 Å². The quantitative estimate of drug-likeness (QED) is 0.316. The van der Waals surface area contributed by atoms with Crippen LogP contribution in [0.5, 0.6) is 0 Å².